The Kier molecular flexibility index (Phi) is 5.08. The zero-order valence-corrected chi connectivity index (χ0v) is 12.2. The second-order valence-corrected chi connectivity index (χ2v) is 5.50. The average molecular weight is 263 g/mol. The van der Waals surface area contributed by atoms with Crippen LogP contribution in [-0.2, 0) is 6.42 Å². The normalized spacial score (nSPS) is 23.1. The van der Waals surface area contributed by atoms with Gasteiger partial charge < -0.3 is 14.8 Å². The molecule has 0 aliphatic carbocycles. The van der Waals surface area contributed by atoms with Crippen LogP contribution in [0.3, 0.4) is 0 Å². The Morgan fingerprint density at radius 1 is 1.26 bits per heavy atom. The van der Waals surface area contributed by atoms with E-state index < -0.39 is 0 Å². The van der Waals surface area contributed by atoms with Crippen LogP contribution in [0.2, 0.25) is 0 Å². The van der Waals surface area contributed by atoms with Crippen LogP contribution < -0.4 is 14.8 Å². The first-order valence-corrected chi connectivity index (χ1v) is 7.17. The number of ether oxygens (including phenoxy) is 2. The molecule has 2 unspecified atom stereocenters. The Morgan fingerprint density at radius 3 is 2.79 bits per heavy atom. The highest BCUT2D eigenvalue weighted by Gasteiger charge is 2.18. The van der Waals surface area contributed by atoms with Crippen molar-refractivity contribution in [3.05, 3.63) is 23.8 Å². The number of hydrogen-bond donors (Lipinski definition) is 1. The van der Waals surface area contributed by atoms with Crippen LogP contribution >= 0.6 is 0 Å². The van der Waals surface area contributed by atoms with Crippen molar-refractivity contribution in [2.45, 2.75) is 38.6 Å². The molecule has 1 saturated heterocycles. The first kappa shape index (κ1) is 14.2. The molecular weight excluding hydrogens is 238 g/mol. The Hall–Kier alpha value is -1.22. The van der Waals surface area contributed by atoms with Crippen LogP contribution in [0.1, 0.15) is 31.7 Å². The van der Waals surface area contributed by atoms with Gasteiger partial charge in [-0.3, -0.25) is 0 Å². The molecule has 0 spiro atoms. The van der Waals surface area contributed by atoms with E-state index in [2.05, 4.69) is 18.3 Å². The van der Waals surface area contributed by atoms with Gasteiger partial charge in [-0.25, -0.2) is 0 Å². The minimum absolute atomic E-state index is 0.649. The van der Waals surface area contributed by atoms with Crippen LogP contribution in [0, 0.1) is 5.92 Å². The third kappa shape index (κ3) is 3.87. The van der Waals surface area contributed by atoms with E-state index in [0.717, 1.165) is 30.4 Å². The van der Waals surface area contributed by atoms with Crippen molar-refractivity contribution in [3.63, 3.8) is 0 Å². The molecule has 1 aliphatic heterocycles. The standard InChI is InChI=1S/C16H25NO2/c1-12-8-9-17-14(10-12)6-4-13-5-7-15(18-2)11-16(13)19-3/h5,7,11-12,14,17H,4,6,8-10H2,1-3H3. The first-order chi connectivity index (χ1) is 9.22. The van der Waals surface area contributed by atoms with E-state index in [4.69, 9.17) is 9.47 Å². The third-order valence-electron chi connectivity index (χ3n) is 4.01. The fourth-order valence-electron chi connectivity index (χ4n) is 2.83. The molecule has 0 saturated carbocycles. The number of rotatable bonds is 5. The molecule has 106 valence electrons. The Morgan fingerprint density at radius 2 is 2.11 bits per heavy atom. The maximum atomic E-state index is 5.45. The fourth-order valence-corrected chi connectivity index (χ4v) is 2.83. The van der Waals surface area contributed by atoms with Crippen molar-refractivity contribution >= 4 is 0 Å². The molecule has 3 heteroatoms. The third-order valence-corrected chi connectivity index (χ3v) is 4.01. The van der Waals surface area contributed by atoms with Crippen molar-refractivity contribution in [1.29, 1.82) is 0 Å². The van der Waals surface area contributed by atoms with Gasteiger partial charge in [0.05, 0.1) is 14.2 Å². The zero-order valence-electron chi connectivity index (χ0n) is 12.2. The van der Waals surface area contributed by atoms with Gasteiger partial charge in [-0.2, -0.15) is 0 Å². The molecule has 1 N–H and O–H groups in total. The molecule has 0 amide bonds. The van der Waals surface area contributed by atoms with Crippen LogP contribution in [0.5, 0.6) is 11.5 Å². The van der Waals surface area contributed by atoms with E-state index in [1.165, 1.54) is 24.8 Å². The molecule has 1 heterocycles. The van der Waals surface area contributed by atoms with E-state index in [1.807, 2.05) is 12.1 Å². The number of hydrogen-bond acceptors (Lipinski definition) is 3. The summed E-state index contributed by atoms with van der Waals surface area (Å²) in [5.74, 6) is 2.64. The molecule has 1 aromatic carbocycles. The summed E-state index contributed by atoms with van der Waals surface area (Å²) in [6.07, 6.45) is 4.82. The molecule has 19 heavy (non-hydrogen) atoms. The summed E-state index contributed by atoms with van der Waals surface area (Å²) in [7, 11) is 3.40. The lowest BCUT2D eigenvalue weighted by Gasteiger charge is -2.28. The average Bonchev–Trinajstić information content (AvgIpc) is 2.45. The lowest BCUT2D eigenvalue weighted by molar-refractivity contribution is 0.307. The predicted octanol–water partition coefficient (Wildman–Crippen LogP) is 3.02. The molecule has 1 fully saturated rings. The minimum atomic E-state index is 0.649. The maximum Gasteiger partial charge on any atom is 0.125 e. The number of piperidine rings is 1. The lowest BCUT2D eigenvalue weighted by atomic mass is 9.91. The fraction of sp³-hybridized carbons (Fsp3) is 0.625. The summed E-state index contributed by atoms with van der Waals surface area (Å²) in [4.78, 5) is 0. The maximum absolute atomic E-state index is 5.45. The monoisotopic (exact) mass is 263 g/mol. The number of benzene rings is 1. The van der Waals surface area contributed by atoms with Gasteiger partial charge >= 0.3 is 0 Å². The summed E-state index contributed by atoms with van der Waals surface area (Å²) >= 11 is 0. The van der Waals surface area contributed by atoms with Gasteiger partial charge in [0.2, 0.25) is 0 Å². The number of methoxy groups -OCH3 is 2. The summed E-state index contributed by atoms with van der Waals surface area (Å²) in [5, 5.41) is 3.61. The molecule has 0 aromatic heterocycles. The Bertz CT molecular complexity index is 406. The number of aryl methyl sites for hydroxylation is 1. The molecule has 2 rings (SSSR count). The molecule has 0 bridgehead atoms. The van der Waals surface area contributed by atoms with Gasteiger partial charge in [-0.05, 0) is 49.8 Å². The molecule has 2 atom stereocenters. The highest BCUT2D eigenvalue weighted by Crippen LogP contribution is 2.27. The van der Waals surface area contributed by atoms with E-state index in [0.29, 0.717) is 6.04 Å². The Labute approximate surface area is 116 Å². The van der Waals surface area contributed by atoms with E-state index >= 15 is 0 Å². The van der Waals surface area contributed by atoms with Crippen LogP contribution in [0.4, 0.5) is 0 Å². The largest absolute Gasteiger partial charge is 0.497 e. The Balaban J connectivity index is 1.95. The SMILES string of the molecule is COc1ccc(CCC2CC(C)CCN2)c(OC)c1. The molecular formula is C16H25NO2. The molecule has 0 radical (unpaired) electrons. The highest BCUT2D eigenvalue weighted by molar-refractivity contribution is 5.40. The minimum Gasteiger partial charge on any atom is -0.497 e. The summed E-state index contributed by atoms with van der Waals surface area (Å²) in [6.45, 7) is 3.51. The predicted molar refractivity (Wildman–Crippen MR) is 78.1 cm³/mol. The summed E-state index contributed by atoms with van der Waals surface area (Å²) in [5.41, 5.74) is 1.27. The van der Waals surface area contributed by atoms with Crippen molar-refractivity contribution in [2.75, 3.05) is 20.8 Å². The van der Waals surface area contributed by atoms with Gasteiger partial charge in [0.25, 0.3) is 0 Å². The van der Waals surface area contributed by atoms with Crippen molar-refractivity contribution in [1.82, 2.24) is 5.32 Å². The molecule has 1 aliphatic rings. The quantitative estimate of drug-likeness (QED) is 0.885. The second kappa shape index (κ2) is 6.80. The first-order valence-electron chi connectivity index (χ1n) is 7.17. The van der Waals surface area contributed by atoms with Crippen LogP contribution in [0.25, 0.3) is 0 Å². The van der Waals surface area contributed by atoms with Crippen LogP contribution in [-0.4, -0.2) is 26.8 Å². The van der Waals surface area contributed by atoms with Crippen molar-refractivity contribution < 1.29 is 9.47 Å². The van der Waals surface area contributed by atoms with Gasteiger partial charge in [0.1, 0.15) is 11.5 Å². The summed E-state index contributed by atoms with van der Waals surface area (Å²) < 4.78 is 10.7. The van der Waals surface area contributed by atoms with E-state index in [9.17, 15) is 0 Å². The van der Waals surface area contributed by atoms with Crippen LogP contribution in [0.15, 0.2) is 18.2 Å². The second-order valence-electron chi connectivity index (χ2n) is 5.50. The van der Waals surface area contributed by atoms with E-state index in [1.54, 1.807) is 14.2 Å². The summed E-state index contributed by atoms with van der Waals surface area (Å²) in [6, 6.07) is 6.74. The van der Waals surface area contributed by atoms with Gasteiger partial charge in [-0.15, -0.1) is 0 Å². The molecule has 1 aromatic rings. The van der Waals surface area contributed by atoms with Gasteiger partial charge in [0.15, 0.2) is 0 Å². The molecule has 3 nitrogen and oxygen atoms in total. The topological polar surface area (TPSA) is 30.5 Å². The van der Waals surface area contributed by atoms with Crippen molar-refractivity contribution in [3.8, 4) is 11.5 Å². The number of nitrogens with one attached hydrogen (secondary N) is 1. The van der Waals surface area contributed by atoms with E-state index in [-0.39, 0.29) is 0 Å². The van der Waals surface area contributed by atoms with Crippen molar-refractivity contribution in [2.24, 2.45) is 5.92 Å². The lowest BCUT2D eigenvalue weighted by Crippen LogP contribution is -2.37. The smallest absolute Gasteiger partial charge is 0.125 e. The van der Waals surface area contributed by atoms with Gasteiger partial charge in [0, 0.05) is 12.1 Å². The highest BCUT2D eigenvalue weighted by atomic mass is 16.5. The van der Waals surface area contributed by atoms with Gasteiger partial charge in [-0.1, -0.05) is 13.0 Å². The zero-order chi connectivity index (χ0) is 13.7.